The molecule has 0 amide bonds. The predicted molar refractivity (Wildman–Crippen MR) is 158 cm³/mol. The predicted octanol–water partition coefficient (Wildman–Crippen LogP) is 10.5. The molecule has 5 aromatic rings. The summed E-state index contributed by atoms with van der Waals surface area (Å²) in [6.07, 6.45) is 0. The summed E-state index contributed by atoms with van der Waals surface area (Å²) in [6.45, 7) is 13.8. The van der Waals surface area contributed by atoms with Crippen LogP contribution in [-0.2, 0) is 10.8 Å². The largest absolute Gasteiger partial charge is 0.307 e. The minimum Gasteiger partial charge on any atom is -0.307 e. The zero-order valence-electron chi connectivity index (χ0n) is 22.0. The average Bonchev–Trinajstić information content (AvgIpc) is 2.84. The first-order valence-corrected chi connectivity index (χ1v) is 13.6. The van der Waals surface area contributed by atoms with Gasteiger partial charge >= 0.3 is 0 Å². The van der Waals surface area contributed by atoms with Crippen LogP contribution >= 0.6 is 11.8 Å². The lowest BCUT2D eigenvalue weighted by atomic mass is 9.83. The number of benzene rings is 5. The van der Waals surface area contributed by atoms with Gasteiger partial charge in [0.2, 0.25) is 0 Å². The van der Waals surface area contributed by atoms with Gasteiger partial charge in [-0.05, 0) is 69.1 Å². The van der Waals surface area contributed by atoms with Crippen molar-refractivity contribution >= 4 is 50.4 Å². The number of rotatable bonds is 1. The maximum absolute atomic E-state index is 2.51. The molecule has 1 aliphatic rings. The van der Waals surface area contributed by atoms with Crippen LogP contribution in [0.5, 0.6) is 0 Å². The third-order valence-electron chi connectivity index (χ3n) is 7.31. The van der Waals surface area contributed by atoms with E-state index in [2.05, 4.69) is 137 Å². The molecule has 180 valence electrons. The van der Waals surface area contributed by atoms with Gasteiger partial charge in [0.25, 0.3) is 0 Å². The van der Waals surface area contributed by atoms with E-state index in [1.54, 1.807) is 0 Å². The molecule has 0 radical (unpaired) electrons. The van der Waals surface area contributed by atoms with Gasteiger partial charge in [-0.15, -0.1) is 0 Å². The number of fused-ring (bicyclic) bond motifs is 4. The Morgan fingerprint density at radius 3 is 1.69 bits per heavy atom. The molecule has 6 rings (SSSR count). The molecule has 1 nitrogen and oxygen atoms in total. The van der Waals surface area contributed by atoms with Crippen LogP contribution < -0.4 is 4.90 Å². The van der Waals surface area contributed by atoms with Crippen LogP contribution in [-0.4, -0.2) is 0 Å². The fourth-order valence-corrected chi connectivity index (χ4v) is 6.28. The summed E-state index contributed by atoms with van der Waals surface area (Å²) < 4.78 is 0. The highest BCUT2D eigenvalue weighted by Gasteiger charge is 2.28. The number of hydrogen-bond donors (Lipinski definition) is 0. The second-order valence-corrected chi connectivity index (χ2v) is 13.1. The van der Waals surface area contributed by atoms with Gasteiger partial charge in [0, 0.05) is 20.6 Å². The summed E-state index contributed by atoms with van der Waals surface area (Å²) in [4.78, 5) is 5.09. The number of para-hydroxylation sites is 2. The first kappa shape index (κ1) is 23.2. The van der Waals surface area contributed by atoms with Gasteiger partial charge < -0.3 is 4.90 Å². The normalized spacial score (nSPS) is 13.7. The Hall–Kier alpha value is -3.23. The SMILES string of the molecule is CC(C)(C)c1ccc2c(N3c4ccccc4Sc4ccccc43)c3cc(C(C)(C)C)ccc3cc2c1. The summed E-state index contributed by atoms with van der Waals surface area (Å²) in [7, 11) is 0. The lowest BCUT2D eigenvalue weighted by molar-refractivity contribution is 0.590. The summed E-state index contributed by atoms with van der Waals surface area (Å²) in [5.41, 5.74) is 6.66. The summed E-state index contributed by atoms with van der Waals surface area (Å²) in [6, 6.07) is 34.1. The van der Waals surface area contributed by atoms with Crippen molar-refractivity contribution in [1.82, 2.24) is 0 Å². The Balaban J connectivity index is 1.76. The van der Waals surface area contributed by atoms with Gasteiger partial charge in [-0.1, -0.05) is 108 Å². The van der Waals surface area contributed by atoms with Crippen molar-refractivity contribution in [3.63, 3.8) is 0 Å². The molecule has 5 aromatic carbocycles. The van der Waals surface area contributed by atoms with Crippen LogP contribution in [0.15, 0.2) is 101 Å². The molecular weight excluding hydrogens is 454 g/mol. The van der Waals surface area contributed by atoms with Crippen molar-refractivity contribution in [1.29, 1.82) is 0 Å². The second kappa shape index (κ2) is 8.15. The molecule has 0 spiro atoms. The van der Waals surface area contributed by atoms with Crippen LogP contribution in [0.1, 0.15) is 52.7 Å². The average molecular weight is 488 g/mol. The highest BCUT2D eigenvalue weighted by Crippen LogP contribution is 2.54. The molecule has 0 bridgehead atoms. The molecule has 0 unspecified atom stereocenters. The van der Waals surface area contributed by atoms with E-state index in [1.807, 2.05) is 11.8 Å². The van der Waals surface area contributed by atoms with Crippen molar-refractivity contribution in [2.75, 3.05) is 4.90 Å². The Bertz CT molecular complexity index is 1590. The fourth-order valence-electron chi connectivity index (χ4n) is 5.22. The van der Waals surface area contributed by atoms with E-state index in [-0.39, 0.29) is 10.8 Å². The van der Waals surface area contributed by atoms with E-state index in [0.717, 1.165) is 0 Å². The van der Waals surface area contributed by atoms with Crippen molar-refractivity contribution in [2.24, 2.45) is 0 Å². The lowest BCUT2D eigenvalue weighted by Crippen LogP contribution is -2.16. The molecule has 1 aliphatic heterocycles. The van der Waals surface area contributed by atoms with E-state index in [4.69, 9.17) is 0 Å². The van der Waals surface area contributed by atoms with Crippen molar-refractivity contribution in [3.05, 3.63) is 102 Å². The van der Waals surface area contributed by atoms with Gasteiger partial charge in [-0.2, -0.15) is 0 Å². The zero-order chi connectivity index (χ0) is 25.2. The molecular formula is C34H33NS. The van der Waals surface area contributed by atoms with E-state index in [9.17, 15) is 0 Å². The number of anilines is 3. The summed E-state index contributed by atoms with van der Waals surface area (Å²) in [5, 5.41) is 5.17. The molecule has 0 saturated heterocycles. The molecule has 0 saturated carbocycles. The lowest BCUT2D eigenvalue weighted by Gasteiger charge is -2.35. The molecule has 0 N–H and O–H groups in total. The molecule has 0 aromatic heterocycles. The van der Waals surface area contributed by atoms with Gasteiger partial charge in [0.15, 0.2) is 0 Å². The fraction of sp³-hybridized carbons (Fsp3) is 0.235. The smallest absolute Gasteiger partial charge is 0.0619 e. The minimum atomic E-state index is 0.0735. The quantitative estimate of drug-likeness (QED) is 0.212. The maximum atomic E-state index is 2.51. The third-order valence-corrected chi connectivity index (χ3v) is 8.44. The van der Waals surface area contributed by atoms with Gasteiger partial charge in [0.1, 0.15) is 0 Å². The van der Waals surface area contributed by atoms with E-state index >= 15 is 0 Å². The first-order chi connectivity index (χ1) is 17.1. The topological polar surface area (TPSA) is 3.24 Å². The third kappa shape index (κ3) is 3.79. The summed E-state index contributed by atoms with van der Waals surface area (Å²) in [5.74, 6) is 0. The maximum Gasteiger partial charge on any atom is 0.0619 e. The van der Waals surface area contributed by atoms with Gasteiger partial charge in [-0.25, -0.2) is 0 Å². The Morgan fingerprint density at radius 2 is 1.08 bits per heavy atom. The highest BCUT2D eigenvalue weighted by molar-refractivity contribution is 7.99. The highest BCUT2D eigenvalue weighted by atomic mass is 32.2. The van der Waals surface area contributed by atoms with E-state index < -0.39 is 0 Å². The van der Waals surface area contributed by atoms with Crippen molar-refractivity contribution in [3.8, 4) is 0 Å². The molecule has 0 aliphatic carbocycles. The van der Waals surface area contributed by atoms with Crippen LogP contribution in [0, 0.1) is 0 Å². The molecule has 1 heterocycles. The van der Waals surface area contributed by atoms with Crippen molar-refractivity contribution in [2.45, 2.75) is 62.2 Å². The molecule has 0 atom stereocenters. The monoisotopic (exact) mass is 487 g/mol. The Kier molecular flexibility index (Phi) is 5.25. The second-order valence-electron chi connectivity index (χ2n) is 12.0. The van der Waals surface area contributed by atoms with Gasteiger partial charge in [-0.3, -0.25) is 0 Å². The van der Waals surface area contributed by atoms with Crippen LogP contribution in [0.25, 0.3) is 21.5 Å². The Labute approximate surface area is 219 Å². The van der Waals surface area contributed by atoms with Crippen LogP contribution in [0.4, 0.5) is 17.1 Å². The number of nitrogens with zero attached hydrogens (tertiary/aromatic N) is 1. The minimum absolute atomic E-state index is 0.0735. The van der Waals surface area contributed by atoms with Crippen LogP contribution in [0.2, 0.25) is 0 Å². The molecule has 2 heteroatoms. The first-order valence-electron chi connectivity index (χ1n) is 12.8. The zero-order valence-corrected chi connectivity index (χ0v) is 22.8. The number of hydrogen-bond acceptors (Lipinski definition) is 2. The standard InChI is InChI=1S/C34H33NS/c1-33(2,3)24-17-18-26-23(20-24)19-22-15-16-25(34(4,5)6)21-27(22)32(26)35-28-11-7-9-13-30(28)36-31-14-10-8-12-29(31)35/h7-21H,1-6H3. The molecule has 0 fully saturated rings. The van der Waals surface area contributed by atoms with E-state index in [1.165, 1.54) is 59.5 Å². The molecule has 36 heavy (non-hydrogen) atoms. The summed E-state index contributed by atoms with van der Waals surface area (Å²) >= 11 is 1.86. The van der Waals surface area contributed by atoms with Crippen molar-refractivity contribution < 1.29 is 0 Å². The van der Waals surface area contributed by atoms with Gasteiger partial charge in [0.05, 0.1) is 17.1 Å². The van der Waals surface area contributed by atoms with E-state index in [0.29, 0.717) is 0 Å². The van der Waals surface area contributed by atoms with Crippen LogP contribution in [0.3, 0.4) is 0 Å². The Morgan fingerprint density at radius 1 is 0.528 bits per heavy atom.